The normalized spacial score (nSPS) is 18.6. The van der Waals surface area contributed by atoms with Crippen LogP contribution < -0.4 is 15.2 Å². The number of aryl methyl sites for hydroxylation is 1. The van der Waals surface area contributed by atoms with Crippen molar-refractivity contribution in [2.75, 3.05) is 32.9 Å². The van der Waals surface area contributed by atoms with E-state index in [1.54, 1.807) is 11.0 Å². The zero-order chi connectivity index (χ0) is 20.4. The van der Waals surface area contributed by atoms with E-state index in [2.05, 4.69) is 16.3 Å². The summed E-state index contributed by atoms with van der Waals surface area (Å²) in [4.78, 5) is 14.2. The molecule has 1 saturated heterocycles. The fourth-order valence-electron chi connectivity index (χ4n) is 3.60. The van der Waals surface area contributed by atoms with Gasteiger partial charge in [-0.3, -0.25) is 9.89 Å². The van der Waals surface area contributed by atoms with Crippen LogP contribution >= 0.6 is 0 Å². The van der Waals surface area contributed by atoms with E-state index >= 15 is 0 Å². The number of rotatable bonds is 4. The Bertz CT molecular complexity index is 1000. The molecule has 2 aliphatic heterocycles. The van der Waals surface area contributed by atoms with Gasteiger partial charge >= 0.3 is 0 Å². The monoisotopic (exact) mass is 395 g/mol. The molecule has 3 N–H and O–H groups in total. The maximum absolute atomic E-state index is 12.5. The molecule has 0 spiro atoms. The molecule has 1 aromatic carbocycles. The molecule has 1 fully saturated rings. The predicted molar refractivity (Wildman–Crippen MR) is 102 cm³/mol. The fraction of sp³-hybridized carbons (Fsp3) is 0.350. The quantitative estimate of drug-likeness (QED) is 0.796. The van der Waals surface area contributed by atoms with Crippen molar-refractivity contribution in [2.24, 2.45) is 5.73 Å². The summed E-state index contributed by atoms with van der Waals surface area (Å²) in [5.74, 6) is 0.245. The van der Waals surface area contributed by atoms with E-state index in [1.165, 1.54) is 0 Å². The molecule has 4 rings (SSSR count). The summed E-state index contributed by atoms with van der Waals surface area (Å²) in [6.45, 7) is 3.92. The zero-order valence-electron chi connectivity index (χ0n) is 16.0. The Morgan fingerprint density at radius 2 is 2.17 bits per heavy atom. The molecule has 9 heteroatoms. The van der Waals surface area contributed by atoms with Crippen molar-refractivity contribution in [2.45, 2.75) is 12.8 Å². The van der Waals surface area contributed by atoms with Crippen molar-refractivity contribution < 1.29 is 19.0 Å². The lowest BCUT2D eigenvalue weighted by atomic mass is 9.83. The number of carbonyl (C=O) groups is 1. The van der Waals surface area contributed by atoms with E-state index in [0.29, 0.717) is 37.9 Å². The minimum absolute atomic E-state index is 0.00990. The first-order valence-corrected chi connectivity index (χ1v) is 9.30. The number of hydrogen-bond donors (Lipinski definition) is 2. The lowest BCUT2D eigenvalue weighted by Gasteiger charge is -2.28. The van der Waals surface area contributed by atoms with Gasteiger partial charge in [0.25, 0.3) is 5.91 Å². The molecule has 1 amide bonds. The number of benzene rings is 1. The van der Waals surface area contributed by atoms with Crippen molar-refractivity contribution in [3.63, 3.8) is 0 Å². The van der Waals surface area contributed by atoms with Crippen molar-refractivity contribution in [1.29, 1.82) is 5.26 Å². The van der Waals surface area contributed by atoms with Crippen LogP contribution in [0.15, 0.2) is 35.7 Å². The SMILES string of the molecule is Cc1[nH]nc2c1C(c1ccccc1OCC(=O)N1CCOCC1)C(C#N)=C(N)O2. The van der Waals surface area contributed by atoms with Crippen LogP contribution in [0.1, 0.15) is 22.7 Å². The van der Waals surface area contributed by atoms with E-state index in [4.69, 9.17) is 19.9 Å². The Labute approximate surface area is 167 Å². The van der Waals surface area contributed by atoms with Gasteiger partial charge in [-0.25, -0.2) is 0 Å². The number of ether oxygens (including phenoxy) is 3. The first-order chi connectivity index (χ1) is 14.1. The summed E-state index contributed by atoms with van der Waals surface area (Å²) in [6, 6.07) is 9.44. The Hall–Kier alpha value is -3.51. The summed E-state index contributed by atoms with van der Waals surface area (Å²) in [6.07, 6.45) is 0. The number of nitriles is 1. The first-order valence-electron chi connectivity index (χ1n) is 9.30. The van der Waals surface area contributed by atoms with Crippen molar-refractivity contribution in [3.05, 3.63) is 52.5 Å². The Kier molecular flexibility index (Phi) is 5.10. The van der Waals surface area contributed by atoms with Crippen LogP contribution in [0.4, 0.5) is 0 Å². The molecule has 0 bridgehead atoms. The number of aromatic amines is 1. The van der Waals surface area contributed by atoms with Crippen LogP contribution in [-0.4, -0.2) is 53.9 Å². The number of fused-ring (bicyclic) bond motifs is 1. The molecule has 2 aromatic rings. The number of amides is 1. The topological polar surface area (TPSA) is 126 Å². The number of nitrogens with zero attached hydrogens (tertiary/aromatic N) is 3. The molecule has 29 heavy (non-hydrogen) atoms. The van der Waals surface area contributed by atoms with Gasteiger partial charge in [0.2, 0.25) is 11.8 Å². The standard InChI is InChI=1S/C20H21N5O4/c1-12-17-18(14(10-21)19(22)29-20(17)24-23-12)13-4-2-3-5-15(13)28-11-16(26)25-6-8-27-9-7-25/h2-5,18H,6-9,11,22H2,1H3,(H,23,24). The van der Waals surface area contributed by atoms with Gasteiger partial charge in [0.1, 0.15) is 17.4 Å². The number of nitrogens with two attached hydrogens (primary N) is 1. The number of para-hydroxylation sites is 1. The third-order valence-corrected chi connectivity index (χ3v) is 5.07. The van der Waals surface area contributed by atoms with E-state index in [1.807, 2.05) is 25.1 Å². The number of nitrogens with one attached hydrogen (secondary N) is 1. The number of aromatic nitrogens is 2. The van der Waals surface area contributed by atoms with Gasteiger partial charge < -0.3 is 24.8 Å². The highest BCUT2D eigenvalue weighted by molar-refractivity contribution is 5.78. The first kappa shape index (κ1) is 18.8. The van der Waals surface area contributed by atoms with Gasteiger partial charge in [0.05, 0.1) is 19.1 Å². The van der Waals surface area contributed by atoms with Crippen LogP contribution in [0.2, 0.25) is 0 Å². The number of allylic oxidation sites excluding steroid dienone is 1. The van der Waals surface area contributed by atoms with E-state index in [0.717, 1.165) is 16.8 Å². The predicted octanol–water partition coefficient (Wildman–Crippen LogP) is 1.17. The third kappa shape index (κ3) is 3.50. The van der Waals surface area contributed by atoms with Crippen molar-refractivity contribution in [1.82, 2.24) is 15.1 Å². The highest BCUT2D eigenvalue weighted by Gasteiger charge is 2.35. The van der Waals surface area contributed by atoms with Gasteiger partial charge in [-0.05, 0) is 13.0 Å². The lowest BCUT2D eigenvalue weighted by molar-refractivity contribution is -0.137. The zero-order valence-corrected chi connectivity index (χ0v) is 16.0. The highest BCUT2D eigenvalue weighted by atomic mass is 16.5. The minimum atomic E-state index is -0.503. The molecule has 0 aliphatic carbocycles. The molecule has 2 aliphatic rings. The molecule has 1 aromatic heterocycles. The maximum Gasteiger partial charge on any atom is 0.260 e. The van der Waals surface area contributed by atoms with Gasteiger partial charge in [0, 0.05) is 29.9 Å². The number of morpholine rings is 1. The average molecular weight is 395 g/mol. The second kappa shape index (κ2) is 7.85. The van der Waals surface area contributed by atoms with Crippen molar-refractivity contribution in [3.8, 4) is 17.7 Å². The highest BCUT2D eigenvalue weighted by Crippen LogP contribution is 2.45. The van der Waals surface area contributed by atoms with Crippen LogP contribution in [-0.2, 0) is 9.53 Å². The largest absolute Gasteiger partial charge is 0.483 e. The van der Waals surface area contributed by atoms with E-state index in [-0.39, 0.29) is 24.0 Å². The van der Waals surface area contributed by atoms with Crippen molar-refractivity contribution >= 4 is 5.91 Å². The molecule has 1 unspecified atom stereocenters. The molecular weight excluding hydrogens is 374 g/mol. The molecule has 0 radical (unpaired) electrons. The van der Waals surface area contributed by atoms with Crippen LogP contribution in [0.25, 0.3) is 0 Å². The second-order valence-corrected chi connectivity index (χ2v) is 6.81. The second-order valence-electron chi connectivity index (χ2n) is 6.81. The molecule has 150 valence electrons. The van der Waals surface area contributed by atoms with Crippen LogP contribution in [0, 0.1) is 18.3 Å². The van der Waals surface area contributed by atoms with Gasteiger partial charge in [0.15, 0.2) is 6.61 Å². The summed E-state index contributed by atoms with van der Waals surface area (Å²) >= 11 is 0. The third-order valence-electron chi connectivity index (χ3n) is 5.07. The van der Waals surface area contributed by atoms with Gasteiger partial charge in [-0.15, -0.1) is 5.10 Å². The smallest absolute Gasteiger partial charge is 0.260 e. The molecule has 1 atom stereocenters. The summed E-state index contributed by atoms with van der Waals surface area (Å²) in [7, 11) is 0. The summed E-state index contributed by atoms with van der Waals surface area (Å²) < 4.78 is 16.7. The minimum Gasteiger partial charge on any atom is -0.483 e. The van der Waals surface area contributed by atoms with Gasteiger partial charge in [-0.1, -0.05) is 18.2 Å². The lowest BCUT2D eigenvalue weighted by Crippen LogP contribution is -2.43. The molecular formula is C20H21N5O4. The maximum atomic E-state index is 12.5. The Morgan fingerprint density at radius 1 is 1.41 bits per heavy atom. The fourth-order valence-corrected chi connectivity index (χ4v) is 3.60. The number of hydrogen-bond acceptors (Lipinski definition) is 7. The molecule has 0 saturated carbocycles. The summed E-state index contributed by atoms with van der Waals surface area (Å²) in [5.41, 5.74) is 8.47. The summed E-state index contributed by atoms with van der Waals surface area (Å²) in [5, 5.41) is 16.7. The average Bonchev–Trinajstić information content (AvgIpc) is 3.12. The van der Waals surface area contributed by atoms with Crippen LogP contribution in [0.5, 0.6) is 11.6 Å². The van der Waals surface area contributed by atoms with E-state index in [9.17, 15) is 10.1 Å². The van der Waals surface area contributed by atoms with Gasteiger partial charge in [-0.2, -0.15) is 5.26 Å². The number of H-pyrrole nitrogens is 1. The molecule has 3 heterocycles. The Morgan fingerprint density at radius 3 is 2.93 bits per heavy atom. The molecule has 9 nitrogen and oxygen atoms in total. The van der Waals surface area contributed by atoms with Crippen LogP contribution in [0.3, 0.4) is 0 Å². The van der Waals surface area contributed by atoms with E-state index < -0.39 is 5.92 Å². The number of carbonyl (C=O) groups excluding carboxylic acids is 1. The Balaban J connectivity index is 1.65.